The Balaban J connectivity index is 0. The van der Waals surface area contributed by atoms with Crippen LogP contribution in [0.15, 0.2) is 0 Å². The third-order valence-electron chi connectivity index (χ3n) is 1.72. The normalized spacial score (nSPS) is 11.4. The molecule has 0 rings (SSSR count). The molecule has 7 heteroatoms. The Morgan fingerprint density at radius 2 is 1.63 bits per heavy atom. The van der Waals surface area contributed by atoms with Crippen LogP contribution in [0.5, 0.6) is 0 Å². The first kappa shape index (κ1) is 20.6. The zero-order valence-corrected chi connectivity index (χ0v) is 11.7. The van der Waals surface area contributed by atoms with Crippen molar-refractivity contribution in [2.24, 2.45) is 0 Å². The molecule has 0 aromatic carbocycles. The maximum atomic E-state index is 10.6. The van der Waals surface area contributed by atoms with Gasteiger partial charge >= 0.3 is 5.97 Å². The van der Waals surface area contributed by atoms with Gasteiger partial charge < -0.3 is 29.5 Å². The summed E-state index contributed by atoms with van der Waals surface area (Å²) in [6, 6.07) is 0. The average molecular weight is 282 g/mol. The summed E-state index contributed by atoms with van der Waals surface area (Å²) >= 11 is 0. The molecule has 0 heterocycles. The summed E-state index contributed by atoms with van der Waals surface area (Å²) in [6.45, 7) is 3.87. The van der Waals surface area contributed by atoms with Gasteiger partial charge in [-0.05, 0) is 6.42 Å². The molecule has 1 atom stereocenters. The first-order valence-corrected chi connectivity index (χ1v) is 6.31. The van der Waals surface area contributed by atoms with Crippen molar-refractivity contribution in [1.29, 1.82) is 0 Å². The van der Waals surface area contributed by atoms with Crippen molar-refractivity contribution in [3.8, 4) is 0 Å². The summed E-state index contributed by atoms with van der Waals surface area (Å²) in [7, 11) is 0. The fraction of sp³-hybridized carbons (Fsp3) is 0.917. The first-order valence-electron chi connectivity index (χ1n) is 6.31. The molecule has 7 nitrogen and oxygen atoms in total. The minimum Gasteiger partial charge on any atom is -0.460 e. The predicted octanol–water partition coefficient (Wildman–Crippen LogP) is -0.328. The Morgan fingerprint density at radius 3 is 2.05 bits per heavy atom. The molecule has 0 aliphatic rings. The minimum atomic E-state index is -0.576. The van der Waals surface area contributed by atoms with Crippen LogP contribution in [0.2, 0.25) is 0 Å². The molecule has 0 fully saturated rings. The van der Waals surface area contributed by atoms with E-state index in [0.29, 0.717) is 6.61 Å². The lowest BCUT2D eigenvalue weighted by molar-refractivity contribution is -0.184. The minimum absolute atomic E-state index is 0.0685. The van der Waals surface area contributed by atoms with Crippen molar-refractivity contribution < 1.29 is 34.3 Å². The van der Waals surface area contributed by atoms with E-state index in [1.54, 1.807) is 0 Å². The van der Waals surface area contributed by atoms with Gasteiger partial charge in [0.25, 0.3) is 0 Å². The van der Waals surface area contributed by atoms with E-state index in [1.165, 1.54) is 6.92 Å². The Bertz CT molecular complexity index is 185. The number of unbranched alkanes of at least 4 members (excludes halogenated alkanes) is 1. The lowest BCUT2D eigenvalue weighted by atomic mass is 10.4. The number of esters is 1. The summed E-state index contributed by atoms with van der Waals surface area (Å²) < 4.78 is 15.2. The predicted molar refractivity (Wildman–Crippen MR) is 68.5 cm³/mol. The monoisotopic (exact) mass is 282 g/mol. The number of hydrogen-bond donors (Lipinski definition) is 3. The SMILES string of the molecule is CCCCOC(COC(C)=O)OCCO.OCCO. The molecule has 116 valence electrons. The summed E-state index contributed by atoms with van der Waals surface area (Å²) in [6.07, 6.45) is 1.38. The molecule has 1 unspecified atom stereocenters. The molecule has 0 aliphatic heterocycles. The Labute approximate surface area is 114 Å². The van der Waals surface area contributed by atoms with Crippen molar-refractivity contribution in [3.05, 3.63) is 0 Å². The molecule has 3 N–H and O–H groups in total. The van der Waals surface area contributed by atoms with Crippen LogP contribution in [0.1, 0.15) is 26.7 Å². The van der Waals surface area contributed by atoms with Gasteiger partial charge in [-0.25, -0.2) is 0 Å². The highest BCUT2D eigenvalue weighted by Crippen LogP contribution is 1.99. The van der Waals surface area contributed by atoms with E-state index in [4.69, 9.17) is 29.5 Å². The van der Waals surface area contributed by atoms with Crippen LogP contribution in [-0.4, -0.2) is 67.2 Å². The molecule has 0 saturated carbocycles. The topological polar surface area (TPSA) is 105 Å². The van der Waals surface area contributed by atoms with Crippen LogP contribution in [0, 0.1) is 0 Å². The van der Waals surface area contributed by atoms with Crippen molar-refractivity contribution in [3.63, 3.8) is 0 Å². The number of carbonyl (C=O) groups is 1. The molecule has 19 heavy (non-hydrogen) atoms. The van der Waals surface area contributed by atoms with Crippen molar-refractivity contribution >= 4 is 5.97 Å². The van der Waals surface area contributed by atoms with Crippen molar-refractivity contribution in [2.75, 3.05) is 39.6 Å². The van der Waals surface area contributed by atoms with Gasteiger partial charge in [-0.2, -0.15) is 0 Å². The average Bonchev–Trinajstić information content (AvgIpc) is 2.41. The lowest BCUT2D eigenvalue weighted by Crippen LogP contribution is -2.26. The van der Waals surface area contributed by atoms with E-state index in [0.717, 1.165) is 12.8 Å². The number of ether oxygens (including phenoxy) is 3. The second-order valence-electron chi connectivity index (χ2n) is 3.50. The highest BCUT2D eigenvalue weighted by Gasteiger charge is 2.10. The zero-order chi connectivity index (χ0) is 14.9. The number of aliphatic hydroxyl groups excluding tert-OH is 3. The van der Waals surface area contributed by atoms with Gasteiger partial charge in [0.2, 0.25) is 0 Å². The van der Waals surface area contributed by atoms with Crippen LogP contribution < -0.4 is 0 Å². The van der Waals surface area contributed by atoms with E-state index >= 15 is 0 Å². The molecule has 0 amide bonds. The fourth-order valence-corrected chi connectivity index (χ4v) is 0.873. The molecule has 0 aliphatic carbocycles. The van der Waals surface area contributed by atoms with E-state index in [9.17, 15) is 4.79 Å². The number of carbonyl (C=O) groups excluding carboxylic acids is 1. The standard InChI is InChI=1S/C10H20O5.C2H6O2/c1-3-4-6-13-10(14-7-5-11)8-15-9(2)12;3-1-2-4/h10-11H,3-8H2,1-2H3;3-4H,1-2H2. The highest BCUT2D eigenvalue weighted by molar-refractivity contribution is 5.65. The Kier molecular flexibility index (Phi) is 18.7. The van der Waals surface area contributed by atoms with Gasteiger partial charge in [0.1, 0.15) is 6.61 Å². The summed E-state index contributed by atoms with van der Waals surface area (Å²) in [5.74, 6) is -0.369. The van der Waals surface area contributed by atoms with Crippen LogP contribution in [0.3, 0.4) is 0 Å². The summed E-state index contributed by atoms with van der Waals surface area (Å²) in [5.41, 5.74) is 0. The lowest BCUT2D eigenvalue weighted by Gasteiger charge is -2.17. The third-order valence-corrected chi connectivity index (χ3v) is 1.72. The van der Waals surface area contributed by atoms with Crippen LogP contribution in [0.4, 0.5) is 0 Å². The molecular weight excluding hydrogens is 256 g/mol. The Hall–Kier alpha value is -0.730. The van der Waals surface area contributed by atoms with Gasteiger partial charge in [-0.3, -0.25) is 4.79 Å². The molecule has 0 radical (unpaired) electrons. The molecule has 0 spiro atoms. The second kappa shape index (κ2) is 17.3. The second-order valence-corrected chi connectivity index (χ2v) is 3.50. The summed E-state index contributed by atoms with van der Waals surface area (Å²) in [4.78, 5) is 10.6. The first-order chi connectivity index (χ1) is 9.12. The van der Waals surface area contributed by atoms with E-state index < -0.39 is 6.29 Å². The van der Waals surface area contributed by atoms with Gasteiger partial charge in [0.15, 0.2) is 6.29 Å². The fourth-order valence-electron chi connectivity index (χ4n) is 0.873. The molecule has 0 bridgehead atoms. The molecule has 0 aromatic rings. The largest absolute Gasteiger partial charge is 0.460 e. The van der Waals surface area contributed by atoms with Crippen molar-refractivity contribution in [2.45, 2.75) is 33.0 Å². The number of rotatable bonds is 10. The number of hydrogen-bond acceptors (Lipinski definition) is 7. The van der Waals surface area contributed by atoms with Crippen molar-refractivity contribution in [1.82, 2.24) is 0 Å². The van der Waals surface area contributed by atoms with Gasteiger partial charge in [-0.15, -0.1) is 0 Å². The van der Waals surface area contributed by atoms with Gasteiger partial charge in [0.05, 0.1) is 26.4 Å². The third kappa shape index (κ3) is 19.8. The maximum absolute atomic E-state index is 10.6. The van der Waals surface area contributed by atoms with Crippen LogP contribution in [-0.2, 0) is 19.0 Å². The molecule has 0 aromatic heterocycles. The quantitative estimate of drug-likeness (QED) is 0.286. The van der Waals surface area contributed by atoms with E-state index in [2.05, 4.69) is 6.92 Å². The molecular formula is C12H26O7. The smallest absolute Gasteiger partial charge is 0.302 e. The molecule has 0 saturated heterocycles. The van der Waals surface area contributed by atoms with Crippen LogP contribution in [0.25, 0.3) is 0 Å². The van der Waals surface area contributed by atoms with Gasteiger partial charge in [-0.1, -0.05) is 13.3 Å². The zero-order valence-electron chi connectivity index (χ0n) is 11.7. The highest BCUT2D eigenvalue weighted by atomic mass is 16.7. The summed E-state index contributed by atoms with van der Waals surface area (Å²) in [5, 5.41) is 23.8. The van der Waals surface area contributed by atoms with E-state index in [-0.39, 0.29) is 39.0 Å². The van der Waals surface area contributed by atoms with Gasteiger partial charge in [0, 0.05) is 13.5 Å². The Morgan fingerprint density at radius 1 is 1.05 bits per heavy atom. The maximum Gasteiger partial charge on any atom is 0.302 e. The number of aliphatic hydroxyl groups is 3. The van der Waals surface area contributed by atoms with E-state index in [1.807, 2.05) is 0 Å². The van der Waals surface area contributed by atoms with Crippen LogP contribution >= 0.6 is 0 Å².